The van der Waals surface area contributed by atoms with Crippen LogP contribution in [0.5, 0.6) is 0 Å². The van der Waals surface area contributed by atoms with E-state index in [4.69, 9.17) is 11.6 Å². The van der Waals surface area contributed by atoms with Crippen molar-refractivity contribution in [3.63, 3.8) is 0 Å². The molecule has 1 aliphatic carbocycles. The summed E-state index contributed by atoms with van der Waals surface area (Å²) < 4.78 is 82.1. The SMILES string of the molecule is N#CCn1c(N2CC3(C2)CC(F)(F)C3)c(-c2ccc(F)c(Cl)c2)c(=O)n(-c2cncc(C(F)(F)F)n2)c1=O. The Morgan fingerprint density at radius 2 is 1.82 bits per heavy atom. The van der Waals surface area contributed by atoms with E-state index < -0.39 is 70.5 Å². The topological polar surface area (TPSA) is 96.8 Å². The molecule has 15 heteroatoms. The number of aromatic nitrogens is 4. The first kappa shape index (κ1) is 25.8. The average molecular weight is 557 g/mol. The highest BCUT2D eigenvalue weighted by molar-refractivity contribution is 6.31. The second-order valence-corrected chi connectivity index (χ2v) is 9.73. The minimum absolute atomic E-state index is 0.0170. The smallest absolute Gasteiger partial charge is 0.356 e. The lowest BCUT2D eigenvalue weighted by atomic mass is 9.61. The molecule has 0 atom stereocenters. The molecule has 0 bridgehead atoms. The van der Waals surface area contributed by atoms with Gasteiger partial charge in [-0.15, -0.1) is 0 Å². The predicted octanol–water partition coefficient (Wildman–Crippen LogP) is 4.03. The van der Waals surface area contributed by atoms with Gasteiger partial charge >= 0.3 is 11.9 Å². The molecule has 2 aliphatic rings. The molecule has 0 N–H and O–H groups in total. The van der Waals surface area contributed by atoms with Gasteiger partial charge in [-0.3, -0.25) is 14.3 Å². The predicted molar refractivity (Wildman–Crippen MR) is 122 cm³/mol. The van der Waals surface area contributed by atoms with Crippen molar-refractivity contribution >= 4 is 17.4 Å². The molecule has 1 saturated heterocycles. The number of nitriles is 1. The first-order valence-electron chi connectivity index (χ1n) is 11.0. The first-order chi connectivity index (χ1) is 17.8. The van der Waals surface area contributed by atoms with Crippen molar-refractivity contribution in [1.29, 1.82) is 5.26 Å². The summed E-state index contributed by atoms with van der Waals surface area (Å²) in [5.41, 5.74) is -4.89. The number of anilines is 1. The van der Waals surface area contributed by atoms with Gasteiger partial charge in [0.05, 0.1) is 29.0 Å². The molecule has 8 nitrogen and oxygen atoms in total. The van der Waals surface area contributed by atoms with Gasteiger partial charge in [-0.05, 0) is 17.7 Å². The van der Waals surface area contributed by atoms with Gasteiger partial charge in [0.2, 0.25) is 5.92 Å². The van der Waals surface area contributed by atoms with Crippen molar-refractivity contribution in [2.45, 2.75) is 31.5 Å². The second kappa shape index (κ2) is 8.59. The Hall–Kier alpha value is -3.86. The minimum Gasteiger partial charge on any atom is -0.356 e. The van der Waals surface area contributed by atoms with Crippen LogP contribution < -0.4 is 16.1 Å². The molecular weight excluding hydrogens is 542 g/mol. The van der Waals surface area contributed by atoms with Crippen LogP contribution in [0.3, 0.4) is 0 Å². The quantitative estimate of drug-likeness (QED) is 0.450. The van der Waals surface area contributed by atoms with Gasteiger partial charge in [0.1, 0.15) is 18.2 Å². The van der Waals surface area contributed by atoms with Crippen LogP contribution in [0.4, 0.5) is 32.2 Å². The minimum atomic E-state index is -4.94. The number of nitrogens with zero attached hydrogens (tertiary/aromatic N) is 6. The standard InChI is InChI=1S/C23H15ClF6N6O2/c24-13-5-12(1-2-14(13)25)17-18(34-10-21(11-34)8-22(26,27)9-21)35(4-3-31)20(38)36(19(17)37)16-7-32-6-15(33-16)23(28,29)30/h1-2,5-7H,4,8-11H2. The summed E-state index contributed by atoms with van der Waals surface area (Å²) in [6.07, 6.45) is -4.56. The van der Waals surface area contributed by atoms with Crippen molar-refractivity contribution < 1.29 is 26.3 Å². The summed E-state index contributed by atoms with van der Waals surface area (Å²) in [6, 6.07) is 4.95. The van der Waals surface area contributed by atoms with Gasteiger partial charge < -0.3 is 4.90 Å². The maximum absolute atomic E-state index is 13.9. The van der Waals surface area contributed by atoms with Crippen LogP contribution in [0.15, 0.2) is 40.2 Å². The van der Waals surface area contributed by atoms with Crippen LogP contribution in [0.25, 0.3) is 16.9 Å². The second-order valence-electron chi connectivity index (χ2n) is 9.32. The Labute approximate surface area is 214 Å². The lowest BCUT2D eigenvalue weighted by Gasteiger charge is -2.59. The first-order valence-corrected chi connectivity index (χ1v) is 11.4. The van der Waals surface area contributed by atoms with Crippen molar-refractivity contribution in [3.8, 4) is 23.0 Å². The van der Waals surface area contributed by atoms with E-state index in [1.165, 1.54) is 4.90 Å². The number of alkyl halides is 5. The molecule has 1 aromatic carbocycles. The maximum atomic E-state index is 13.9. The van der Waals surface area contributed by atoms with Gasteiger partial charge in [0.25, 0.3) is 5.56 Å². The maximum Gasteiger partial charge on any atom is 0.434 e. The zero-order chi connectivity index (χ0) is 27.6. The van der Waals surface area contributed by atoms with E-state index in [9.17, 15) is 41.2 Å². The van der Waals surface area contributed by atoms with Crippen LogP contribution in [0.2, 0.25) is 5.02 Å². The van der Waals surface area contributed by atoms with Crippen molar-refractivity contribution in [2.75, 3.05) is 18.0 Å². The van der Waals surface area contributed by atoms with Crippen molar-refractivity contribution in [1.82, 2.24) is 19.1 Å². The van der Waals surface area contributed by atoms with Crippen molar-refractivity contribution in [2.24, 2.45) is 5.41 Å². The molecule has 3 aromatic rings. The van der Waals surface area contributed by atoms with E-state index in [2.05, 4.69) is 9.97 Å². The Balaban J connectivity index is 1.77. The lowest BCUT2D eigenvalue weighted by molar-refractivity contribution is -0.170. The highest BCUT2D eigenvalue weighted by Gasteiger charge is 2.62. The Morgan fingerprint density at radius 3 is 2.39 bits per heavy atom. The highest BCUT2D eigenvalue weighted by atomic mass is 35.5. The average Bonchev–Trinajstić information content (AvgIpc) is 2.79. The number of halogens is 7. The van der Waals surface area contributed by atoms with E-state index in [0.717, 1.165) is 29.0 Å². The molecule has 0 unspecified atom stereocenters. The largest absolute Gasteiger partial charge is 0.434 e. The summed E-state index contributed by atoms with van der Waals surface area (Å²) >= 11 is 5.92. The monoisotopic (exact) mass is 556 g/mol. The molecule has 0 radical (unpaired) electrons. The lowest BCUT2D eigenvalue weighted by Crippen LogP contribution is -2.67. The normalized spacial score (nSPS) is 17.6. The molecule has 3 heterocycles. The summed E-state index contributed by atoms with van der Waals surface area (Å²) in [5.74, 6) is -4.55. The summed E-state index contributed by atoms with van der Waals surface area (Å²) in [5, 5.41) is 9.04. The number of hydrogen-bond acceptors (Lipinski definition) is 6. The molecule has 2 aromatic heterocycles. The van der Waals surface area contributed by atoms with Crippen LogP contribution in [-0.2, 0) is 12.7 Å². The van der Waals surface area contributed by atoms with Crippen LogP contribution in [-0.4, -0.2) is 38.1 Å². The third kappa shape index (κ3) is 4.20. The summed E-state index contributed by atoms with van der Waals surface area (Å²) in [6.45, 7) is -0.590. The molecule has 1 saturated carbocycles. The van der Waals surface area contributed by atoms with E-state index in [-0.39, 0.29) is 30.0 Å². The van der Waals surface area contributed by atoms with Crippen LogP contribution >= 0.6 is 11.6 Å². The highest BCUT2D eigenvalue weighted by Crippen LogP contribution is 2.57. The van der Waals surface area contributed by atoms with Crippen molar-refractivity contribution in [3.05, 3.63) is 68.0 Å². The number of rotatable bonds is 4. The van der Waals surface area contributed by atoms with E-state index in [0.29, 0.717) is 10.8 Å². The van der Waals surface area contributed by atoms with Crippen LogP contribution in [0, 0.1) is 22.6 Å². The molecule has 2 fully saturated rings. The number of benzene rings is 1. The molecule has 198 valence electrons. The Morgan fingerprint density at radius 1 is 1.13 bits per heavy atom. The van der Waals surface area contributed by atoms with Gasteiger partial charge in [-0.2, -0.15) is 18.4 Å². The fraction of sp³-hybridized carbons (Fsp3) is 0.348. The Bertz CT molecular complexity index is 1610. The Kier molecular flexibility index (Phi) is 5.82. The molecule has 1 aliphatic heterocycles. The van der Waals surface area contributed by atoms with Gasteiger partial charge in [0.15, 0.2) is 11.5 Å². The summed E-state index contributed by atoms with van der Waals surface area (Å²) in [4.78, 5) is 35.5. The fourth-order valence-electron chi connectivity index (χ4n) is 5.07. The van der Waals surface area contributed by atoms with Gasteiger partial charge in [-0.1, -0.05) is 17.7 Å². The zero-order valence-electron chi connectivity index (χ0n) is 19.1. The van der Waals surface area contributed by atoms with E-state index in [1.807, 2.05) is 0 Å². The molecule has 1 spiro atoms. The molecule has 5 rings (SSSR count). The molecule has 0 amide bonds. The van der Waals surface area contributed by atoms with Gasteiger partial charge in [-0.25, -0.2) is 27.5 Å². The zero-order valence-corrected chi connectivity index (χ0v) is 19.8. The number of hydrogen-bond donors (Lipinski definition) is 0. The van der Waals surface area contributed by atoms with E-state index >= 15 is 0 Å². The van der Waals surface area contributed by atoms with E-state index in [1.54, 1.807) is 6.07 Å². The molecule has 38 heavy (non-hydrogen) atoms. The van der Waals surface area contributed by atoms with Crippen LogP contribution in [0.1, 0.15) is 18.5 Å². The molecular formula is C23H15ClF6N6O2. The third-order valence-corrected chi connectivity index (χ3v) is 6.81. The van der Waals surface area contributed by atoms with Gasteiger partial charge in [0, 0.05) is 31.3 Å². The third-order valence-electron chi connectivity index (χ3n) is 6.52. The summed E-state index contributed by atoms with van der Waals surface area (Å²) in [7, 11) is 0. The fourth-order valence-corrected chi connectivity index (χ4v) is 5.25.